The number of benzene rings is 2. The first kappa shape index (κ1) is 19.1. The van der Waals surface area contributed by atoms with E-state index in [0.29, 0.717) is 13.0 Å². The van der Waals surface area contributed by atoms with Crippen molar-refractivity contribution < 1.29 is 14.3 Å². The number of hydrogen-bond acceptors (Lipinski definition) is 4. The van der Waals surface area contributed by atoms with Crippen LogP contribution in [0.15, 0.2) is 48.5 Å². The number of aromatic nitrogens is 2. The number of methoxy groups -OCH3 is 2. The second kappa shape index (κ2) is 8.39. The van der Waals surface area contributed by atoms with Gasteiger partial charge in [0.1, 0.15) is 11.5 Å². The molecule has 1 atom stereocenters. The molecule has 0 bridgehead atoms. The summed E-state index contributed by atoms with van der Waals surface area (Å²) >= 11 is 0. The molecule has 6 nitrogen and oxygen atoms in total. The van der Waals surface area contributed by atoms with Gasteiger partial charge in [-0.15, -0.1) is 0 Å². The van der Waals surface area contributed by atoms with Crippen molar-refractivity contribution in [3.8, 4) is 22.8 Å². The van der Waals surface area contributed by atoms with Crippen LogP contribution in [0.2, 0.25) is 0 Å². The summed E-state index contributed by atoms with van der Waals surface area (Å²) in [7, 11) is 3.29. The van der Waals surface area contributed by atoms with E-state index in [1.54, 1.807) is 14.2 Å². The second-order valence-corrected chi connectivity index (χ2v) is 7.27. The Morgan fingerprint density at radius 2 is 1.93 bits per heavy atom. The summed E-state index contributed by atoms with van der Waals surface area (Å²) in [5.74, 6) is 1.64. The molecule has 0 saturated heterocycles. The maximum absolute atomic E-state index is 12.8. The number of aryl methyl sites for hydroxylation is 1. The molecule has 1 unspecified atom stereocenters. The number of ether oxygens (including phenoxy) is 2. The lowest BCUT2D eigenvalue weighted by atomic mass is 9.85. The molecular formula is C23H25N3O3. The first-order valence-electron chi connectivity index (χ1n) is 9.79. The van der Waals surface area contributed by atoms with Gasteiger partial charge in [-0.3, -0.25) is 9.89 Å². The van der Waals surface area contributed by atoms with Crippen molar-refractivity contribution in [2.24, 2.45) is 5.92 Å². The van der Waals surface area contributed by atoms with Gasteiger partial charge in [0.25, 0.3) is 0 Å². The van der Waals surface area contributed by atoms with Gasteiger partial charge in [0.2, 0.25) is 5.91 Å². The number of rotatable bonds is 6. The van der Waals surface area contributed by atoms with Gasteiger partial charge in [0.15, 0.2) is 0 Å². The van der Waals surface area contributed by atoms with E-state index in [-0.39, 0.29) is 11.8 Å². The maximum Gasteiger partial charge on any atom is 0.223 e. The highest BCUT2D eigenvalue weighted by Gasteiger charge is 2.28. The van der Waals surface area contributed by atoms with Crippen LogP contribution in [-0.2, 0) is 24.2 Å². The first-order valence-corrected chi connectivity index (χ1v) is 9.79. The van der Waals surface area contributed by atoms with Crippen LogP contribution in [0.4, 0.5) is 0 Å². The van der Waals surface area contributed by atoms with Gasteiger partial charge in [-0.25, -0.2) is 0 Å². The van der Waals surface area contributed by atoms with Crippen LogP contribution in [0.5, 0.6) is 11.5 Å². The number of amides is 1. The Balaban J connectivity index is 1.44. The molecule has 2 aromatic carbocycles. The third-order valence-corrected chi connectivity index (χ3v) is 5.48. The van der Waals surface area contributed by atoms with E-state index in [0.717, 1.165) is 52.4 Å². The molecule has 1 aliphatic carbocycles. The predicted octanol–water partition coefficient (Wildman–Crippen LogP) is 3.52. The molecule has 1 aliphatic rings. The smallest absolute Gasteiger partial charge is 0.223 e. The van der Waals surface area contributed by atoms with Crippen molar-refractivity contribution in [2.45, 2.75) is 25.8 Å². The molecule has 1 aromatic heterocycles. The summed E-state index contributed by atoms with van der Waals surface area (Å²) in [6.45, 7) is 0.496. The quantitative estimate of drug-likeness (QED) is 0.674. The van der Waals surface area contributed by atoms with Crippen LogP contribution >= 0.6 is 0 Å². The van der Waals surface area contributed by atoms with E-state index >= 15 is 0 Å². The fourth-order valence-corrected chi connectivity index (χ4v) is 3.82. The largest absolute Gasteiger partial charge is 0.497 e. The van der Waals surface area contributed by atoms with E-state index < -0.39 is 0 Å². The highest BCUT2D eigenvalue weighted by Crippen LogP contribution is 2.32. The Labute approximate surface area is 170 Å². The highest BCUT2D eigenvalue weighted by atomic mass is 16.5. The number of fused-ring (bicyclic) bond motifs is 1. The van der Waals surface area contributed by atoms with Gasteiger partial charge in [-0.05, 0) is 61.2 Å². The molecule has 0 radical (unpaired) electrons. The molecule has 0 aliphatic heterocycles. The molecule has 0 saturated carbocycles. The Morgan fingerprint density at radius 1 is 1.14 bits per heavy atom. The van der Waals surface area contributed by atoms with Crippen molar-refractivity contribution in [2.75, 3.05) is 14.2 Å². The Bertz CT molecular complexity index is 995. The summed E-state index contributed by atoms with van der Waals surface area (Å²) in [6, 6.07) is 15.6. The maximum atomic E-state index is 12.8. The normalized spacial score (nSPS) is 15.4. The zero-order valence-electron chi connectivity index (χ0n) is 16.7. The molecule has 3 aromatic rings. The van der Waals surface area contributed by atoms with Crippen molar-refractivity contribution in [1.82, 2.24) is 15.5 Å². The zero-order chi connectivity index (χ0) is 20.2. The van der Waals surface area contributed by atoms with Crippen LogP contribution in [0.3, 0.4) is 0 Å². The van der Waals surface area contributed by atoms with E-state index in [2.05, 4.69) is 15.5 Å². The summed E-state index contributed by atoms with van der Waals surface area (Å²) in [5, 5.41) is 10.8. The van der Waals surface area contributed by atoms with Gasteiger partial charge in [-0.2, -0.15) is 5.10 Å². The molecule has 1 amide bonds. The number of hydrogen-bond donors (Lipinski definition) is 2. The van der Waals surface area contributed by atoms with Crippen molar-refractivity contribution in [1.29, 1.82) is 0 Å². The summed E-state index contributed by atoms with van der Waals surface area (Å²) < 4.78 is 10.5. The average molecular weight is 391 g/mol. The molecular weight excluding hydrogens is 366 g/mol. The van der Waals surface area contributed by atoms with Crippen molar-refractivity contribution in [3.63, 3.8) is 0 Å². The number of carbonyl (C=O) groups is 1. The average Bonchev–Trinajstić information content (AvgIpc) is 3.21. The number of nitrogens with one attached hydrogen (secondary N) is 2. The fraction of sp³-hybridized carbons (Fsp3) is 0.304. The lowest BCUT2D eigenvalue weighted by molar-refractivity contribution is -0.125. The zero-order valence-corrected chi connectivity index (χ0v) is 16.7. The molecule has 29 heavy (non-hydrogen) atoms. The Morgan fingerprint density at radius 3 is 2.69 bits per heavy atom. The SMILES string of the molecule is COc1ccc(-c2n[nH]c3c2CC(C(=O)NCc2cccc(OC)c2)CC3)cc1. The molecule has 0 fully saturated rings. The van der Waals surface area contributed by atoms with Gasteiger partial charge in [-0.1, -0.05) is 12.1 Å². The number of H-pyrrole nitrogens is 1. The van der Waals surface area contributed by atoms with E-state index in [9.17, 15) is 4.79 Å². The minimum Gasteiger partial charge on any atom is -0.497 e. The van der Waals surface area contributed by atoms with Crippen LogP contribution in [-0.4, -0.2) is 30.3 Å². The summed E-state index contributed by atoms with van der Waals surface area (Å²) in [5.41, 5.74) is 5.25. The number of aromatic amines is 1. The third-order valence-electron chi connectivity index (χ3n) is 5.48. The van der Waals surface area contributed by atoms with Gasteiger partial charge in [0.05, 0.1) is 19.9 Å². The molecule has 4 rings (SSSR count). The molecule has 2 N–H and O–H groups in total. The standard InChI is InChI=1S/C23H25N3O3/c1-28-18-9-6-16(7-10-18)22-20-13-17(8-11-21(20)25-26-22)23(27)24-14-15-4-3-5-19(12-15)29-2/h3-7,9-10,12,17H,8,11,13-14H2,1-2H3,(H,24,27)(H,25,26). The van der Waals surface area contributed by atoms with E-state index in [4.69, 9.17) is 9.47 Å². The fourth-order valence-electron chi connectivity index (χ4n) is 3.82. The second-order valence-electron chi connectivity index (χ2n) is 7.27. The van der Waals surface area contributed by atoms with E-state index in [1.165, 1.54) is 0 Å². The van der Waals surface area contributed by atoms with E-state index in [1.807, 2.05) is 48.5 Å². The van der Waals surface area contributed by atoms with Crippen LogP contribution in [0, 0.1) is 5.92 Å². The Kier molecular flexibility index (Phi) is 5.51. The monoisotopic (exact) mass is 391 g/mol. The molecule has 0 spiro atoms. The first-order chi connectivity index (χ1) is 14.2. The third kappa shape index (κ3) is 4.11. The number of nitrogens with zero attached hydrogens (tertiary/aromatic N) is 1. The summed E-state index contributed by atoms with van der Waals surface area (Å²) in [4.78, 5) is 12.8. The van der Waals surface area contributed by atoms with Gasteiger partial charge < -0.3 is 14.8 Å². The minimum atomic E-state index is -0.0530. The Hall–Kier alpha value is -3.28. The van der Waals surface area contributed by atoms with Gasteiger partial charge in [0, 0.05) is 29.3 Å². The molecule has 1 heterocycles. The van der Waals surface area contributed by atoms with Crippen LogP contribution < -0.4 is 14.8 Å². The van der Waals surface area contributed by atoms with Crippen LogP contribution in [0.1, 0.15) is 23.2 Å². The lowest BCUT2D eigenvalue weighted by Gasteiger charge is -2.22. The molecule has 150 valence electrons. The topological polar surface area (TPSA) is 76.2 Å². The number of carbonyl (C=O) groups excluding carboxylic acids is 1. The lowest BCUT2D eigenvalue weighted by Crippen LogP contribution is -2.33. The highest BCUT2D eigenvalue weighted by molar-refractivity contribution is 5.80. The van der Waals surface area contributed by atoms with Crippen LogP contribution in [0.25, 0.3) is 11.3 Å². The summed E-state index contributed by atoms with van der Waals surface area (Å²) in [6.07, 6.45) is 2.34. The van der Waals surface area contributed by atoms with Crippen molar-refractivity contribution >= 4 is 5.91 Å². The van der Waals surface area contributed by atoms with Crippen molar-refractivity contribution in [3.05, 3.63) is 65.4 Å². The predicted molar refractivity (Wildman–Crippen MR) is 111 cm³/mol. The minimum absolute atomic E-state index is 0.0530. The molecule has 6 heteroatoms. The van der Waals surface area contributed by atoms with Gasteiger partial charge >= 0.3 is 0 Å².